The van der Waals surface area contributed by atoms with E-state index >= 15 is 0 Å². The number of methoxy groups -OCH3 is 1. The van der Waals surface area contributed by atoms with Gasteiger partial charge in [-0.05, 0) is 56.3 Å². The van der Waals surface area contributed by atoms with Gasteiger partial charge in [-0.2, -0.15) is 0 Å². The molecule has 3 aromatic carbocycles. The van der Waals surface area contributed by atoms with Crippen LogP contribution in [0.3, 0.4) is 0 Å². The fourth-order valence-electron chi connectivity index (χ4n) is 4.24. The van der Waals surface area contributed by atoms with Gasteiger partial charge in [0.1, 0.15) is 0 Å². The molecule has 5 aromatic rings. The number of hydrogen-bond donors (Lipinski definition) is 2. The molecule has 0 radical (unpaired) electrons. The quantitative estimate of drug-likeness (QED) is 0.368. The highest BCUT2D eigenvalue weighted by atomic mass is 16.5. The molecule has 7 nitrogen and oxygen atoms in total. The molecule has 2 aromatic heterocycles. The molecule has 0 bridgehead atoms. The van der Waals surface area contributed by atoms with Crippen molar-refractivity contribution >= 4 is 55.6 Å². The summed E-state index contributed by atoms with van der Waals surface area (Å²) in [7, 11) is 1.62. The zero-order chi connectivity index (χ0) is 22.4. The molecule has 2 heterocycles. The number of aromatic nitrogens is 2. The molecule has 162 valence electrons. The molecule has 0 unspecified atom stereocenters. The van der Waals surface area contributed by atoms with Crippen LogP contribution in [0.15, 0.2) is 42.5 Å². The van der Waals surface area contributed by atoms with Gasteiger partial charge in [0.15, 0.2) is 5.75 Å². The Bertz CT molecular complexity index is 1420. The van der Waals surface area contributed by atoms with Crippen molar-refractivity contribution in [3.05, 3.63) is 53.6 Å². The summed E-state index contributed by atoms with van der Waals surface area (Å²) in [6, 6.07) is 12.9. The molecular formula is C25H22N2O5. The van der Waals surface area contributed by atoms with Crippen LogP contribution in [0, 0.1) is 0 Å². The fourth-order valence-corrected chi connectivity index (χ4v) is 4.24. The summed E-state index contributed by atoms with van der Waals surface area (Å²) in [4.78, 5) is 31.3. The Morgan fingerprint density at radius 1 is 0.719 bits per heavy atom. The second-order valence-corrected chi connectivity index (χ2v) is 7.47. The lowest BCUT2D eigenvalue weighted by atomic mass is 10.0. The van der Waals surface area contributed by atoms with Crippen LogP contribution in [0.4, 0.5) is 0 Å². The third-order valence-electron chi connectivity index (χ3n) is 5.65. The topological polar surface area (TPSA) is 93.4 Å². The molecule has 0 aliphatic carbocycles. The lowest BCUT2D eigenvalue weighted by Crippen LogP contribution is -2.04. The van der Waals surface area contributed by atoms with Crippen LogP contribution in [0.5, 0.6) is 5.75 Å². The molecule has 0 aliphatic heterocycles. The van der Waals surface area contributed by atoms with Crippen LogP contribution in [0.2, 0.25) is 0 Å². The predicted molar refractivity (Wildman–Crippen MR) is 124 cm³/mol. The summed E-state index contributed by atoms with van der Waals surface area (Å²) in [5.74, 6) is -0.0498. The molecule has 0 aliphatic rings. The lowest BCUT2D eigenvalue weighted by molar-refractivity contribution is 0.0517. The molecule has 0 fully saturated rings. The number of hydrogen-bond acceptors (Lipinski definition) is 5. The third kappa shape index (κ3) is 2.97. The van der Waals surface area contributed by atoms with Crippen molar-refractivity contribution in [1.82, 2.24) is 9.97 Å². The van der Waals surface area contributed by atoms with Gasteiger partial charge in [-0.1, -0.05) is 0 Å². The fraction of sp³-hybridized carbons (Fsp3) is 0.200. The Morgan fingerprint density at radius 2 is 1.19 bits per heavy atom. The first-order chi connectivity index (χ1) is 15.5. The summed E-state index contributed by atoms with van der Waals surface area (Å²) in [5, 5.41) is 3.61. The van der Waals surface area contributed by atoms with Crippen LogP contribution < -0.4 is 4.74 Å². The summed E-state index contributed by atoms with van der Waals surface area (Å²) in [5.41, 5.74) is 4.40. The van der Waals surface area contributed by atoms with Gasteiger partial charge in [-0.25, -0.2) is 9.59 Å². The van der Waals surface area contributed by atoms with Gasteiger partial charge < -0.3 is 24.2 Å². The van der Waals surface area contributed by atoms with Gasteiger partial charge in [0, 0.05) is 32.6 Å². The van der Waals surface area contributed by atoms with E-state index in [9.17, 15) is 9.59 Å². The van der Waals surface area contributed by atoms with Crippen LogP contribution >= 0.6 is 0 Å². The van der Waals surface area contributed by atoms with Crippen molar-refractivity contribution < 1.29 is 23.8 Å². The number of carbonyl (C=O) groups excluding carboxylic acids is 2. The molecule has 5 rings (SSSR count). The number of aromatic amines is 2. The highest BCUT2D eigenvalue weighted by molar-refractivity contribution is 6.21. The summed E-state index contributed by atoms with van der Waals surface area (Å²) in [6.45, 7) is 4.20. The number of rotatable bonds is 5. The smallest absolute Gasteiger partial charge is 0.338 e. The normalized spacial score (nSPS) is 11.5. The SMILES string of the molecule is CCOC(=O)c1ccc2[nH]c3c(OC)c4[nH]c5ccc(C(=O)OCC)cc5c4cc3c2c1. The maximum absolute atomic E-state index is 12.3. The van der Waals surface area contributed by atoms with Crippen LogP contribution in [-0.4, -0.2) is 42.2 Å². The van der Waals surface area contributed by atoms with E-state index in [1.807, 2.05) is 24.3 Å². The van der Waals surface area contributed by atoms with Crippen LogP contribution in [-0.2, 0) is 9.47 Å². The number of nitrogens with one attached hydrogen (secondary N) is 2. The van der Waals surface area contributed by atoms with Crippen molar-refractivity contribution in [1.29, 1.82) is 0 Å². The van der Waals surface area contributed by atoms with Gasteiger partial charge in [-0.15, -0.1) is 0 Å². The summed E-state index contributed by atoms with van der Waals surface area (Å²) >= 11 is 0. The van der Waals surface area contributed by atoms with E-state index in [0.717, 1.165) is 43.6 Å². The molecule has 32 heavy (non-hydrogen) atoms. The van der Waals surface area contributed by atoms with Gasteiger partial charge in [0.2, 0.25) is 0 Å². The van der Waals surface area contributed by atoms with E-state index < -0.39 is 0 Å². The molecule has 7 heteroatoms. The second-order valence-electron chi connectivity index (χ2n) is 7.47. The van der Waals surface area contributed by atoms with Gasteiger partial charge in [0.25, 0.3) is 0 Å². The minimum Gasteiger partial charge on any atom is -0.492 e. The van der Waals surface area contributed by atoms with E-state index in [2.05, 4.69) is 16.0 Å². The molecule has 0 atom stereocenters. The summed E-state index contributed by atoms with van der Waals surface area (Å²) in [6.07, 6.45) is 0. The molecule has 0 amide bonds. The average molecular weight is 430 g/mol. The standard InChI is InChI=1S/C25H22N2O5/c1-4-31-24(28)13-6-8-19-15(10-13)17-12-18-16-11-14(25(29)32-5-2)7-9-20(16)27-22(18)23(30-3)21(17)26-19/h6-12,26-27H,4-5H2,1-3H3. The molecule has 2 N–H and O–H groups in total. The van der Waals surface area contributed by atoms with Crippen molar-refractivity contribution in [2.24, 2.45) is 0 Å². The van der Waals surface area contributed by atoms with Crippen molar-refractivity contribution in [2.45, 2.75) is 13.8 Å². The second kappa shape index (κ2) is 7.60. The van der Waals surface area contributed by atoms with Gasteiger partial charge in [0.05, 0.1) is 42.5 Å². The maximum Gasteiger partial charge on any atom is 0.338 e. The number of H-pyrrole nitrogens is 2. The molecular weight excluding hydrogens is 408 g/mol. The Balaban J connectivity index is 1.81. The Labute approximate surface area is 183 Å². The van der Waals surface area contributed by atoms with Crippen molar-refractivity contribution in [3.63, 3.8) is 0 Å². The van der Waals surface area contributed by atoms with E-state index in [1.54, 1.807) is 33.1 Å². The van der Waals surface area contributed by atoms with E-state index in [-0.39, 0.29) is 11.9 Å². The Kier molecular flexibility index (Phi) is 4.74. The van der Waals surface area contributed by atoms with E-state index in [0.29, 0.717) is 30.1 Å². The highest BCUT2D eigenvalue weighted by Gasteiger charge is 2.19. The van der Waals surface area contributed by atoms with Gasteiger partial charge in [-0.3, -0.25) is 0 Å². The largest absolute Gasteiger partial charge is 0.492 e. The van der Waals surface area contributed by atoms with Gasteiger partial charge >= 0.3 is 11.9 Å². The lowest BCUT2D eigenvalue weighted by Gasteiger charge is -2.05. The van der Waals surface area contributed by atoms with Crippen LogP contribution in [0.1, 0.15) is 34.6 Å². The first-order valence-electron chi connectivity index (χ1n) is 10.5. The number of benzene rings is 3. The number of ether oxygens (including phenoxy) is 3. The zero-order valence-electron chi connectivity index (χ0n) is 18.0. The van der Waals surface area contributed by atoms with Crippen molar-refractivity contribution in [2.75, 3.05) is 20.3 Å². The van der Waals surface area contributed by atoms with E-state index in [4.69, 9.17) is 14.2 Å². The third-order valence-corrected chi connectivity index (χ3v) is 5.65. The Hall–Kier alpha value is -4.00. The van der Waals surface area contributed by atoms with Crippen molar-refractivity contribution in [3.8, 4) is 5.75 Å². The predicted octanol–water partition coefficient (Wildman–Crippen LogP) is 5.32. The first-order valence-corrected chi connectivity index (χ1v) is 10.5. The summed E-state index contributed by atoms with van der Waals surface area (Å²) < 4.78 is 16.1. The molecule has 0 spiro atoms. The first kappa shape index (κ1) is 19.9. The number of fused-ring (bicyclic) bond motifs is 6. The number of esters is 2. The maximum atomic E-state index is 12.3. The number of carbonyl (C=O) groups is 2. The minimum atomic E-state index is -0.358. The zero-order valence-corrected chi connectivity index (χ0v) is 18.0. The molecule has 0 saturated heterocycles. The average Bonchev–Trinajstić information content (AvgIpc) is 3.35. The minimum absolute atomic E-state index is 0.317. The molecule has 0 saturated carbocycles. The van der Waals surface area contributed by atoms with Crippen LogP contribution in [0.25, 0.3) is 43.6 Å². The highest BCUT2D eigenvalue weighted by Crippen LogP contribution is 2.41. The monoisotopic (exact) mass is 430 g/mol. The van der Waals surface area contributed by atoms with E-state index in [1.165, 1.54) is 0 Å². The Morgan fingerprint density at radius 3 is 1.59 bits per heavy atom.